The highest BCUT2D eigenvalue weighted by Gasteiger charge is 2.31. The molecular formula is C26H24ClF3N2S2. The van der Waals surface area contributed by atoms with E-state index in [-0.39, 0.29) is 22.7 Å². The summed E-state index contributed by atoms with van der Waals surface area (Å²) in [5, 5.41) is 0.123. The molecule has 1 unspecified atom stereocenters. The Morgan fingerprint density at radius 1 is 0.882 bits per heavy atom. The van der Waals surface area contributed by atoms with Crippen LogP contribution in [0.1, 0.15) is 17.2 Å². The van der Waals surface area contributed by atoms with Crippen molar-refractivity contribution in [3.63, 3.8) is 0 Å². The molecule has 3 aromatic carbocycles. The van der Waals surface area contributed by atoms with Gasteiger partial charge >= 0.3 is 0 Å². The van der Waals surface area contributed by atoms with Gasteiger partial charge in [0.15, 0.2) is 0 Å². The molecule has 0 saturated carbocycles. The smallest absolute Gasteiger partial charge is 0.142 e. The summed E-state index contributed by atoms with van der Waals surface area (Å²) in [6, 6.07) is 14.8. The number of halogens is 4. The number of rotatable bonds is 5. The van der Waals surface area contributed by atoms with Crippen LogP contribution in [-0.4, -0.2) is 48.3 Å². The van der Waals surface area contributed by atoms with E-state index in [9.17, 15) is 13.2 Å². The fourth-order valence-corrected chi connectivity index (χ4v) is 6.82. The maximum atomic E-state index is 14.3. The summed E-state index contributed by atoms with van der Waals surface area (Å²) in [5.74, 6) is 0.000990. The van der Waals surface area contributed by atoms with Crippen LogP contribution in [-0.2, 0) is 6.42 Å². The topological polar surface area (TPSA) is 6.48 Å². The molecule has 34 heavy (non-hydrogen) atoms. The molecule has 8 heteroatoms. The van der Waals surface area contributed by atoms with Crippen molar-refractivity contribution >= 4 is 35.1 Å². The maximum absolute atomic E-state index is 14.3. The van der Waals surface area contributed by atoms with Crippen LogP contribution in [0.15, 0.2) is 69.3 Å². The van der Waals surface area contributed by atoms with Gasteiger partial charge in [0, 0.05) is 59.2 Å². The first-order chi connectivity index (χ1) is 16.5. The van der Waals surface area contributed by atoms with Crippen molar-refractivity contribution in [2.75, 3.05) is 38.5 Å². The Labute approximate surface area is 211 Å². The van der Waals surface area contributed by atoms with Crippen LogP contribution < -0.4 is 0 Å². The lowest BCUT2D eigenvalue weighted by Crippen LogP contribution is -2.48. The van der Waals surface area contributed by atoms with Gasteiger partial charge in [0.2, 0.25) is 0 Å². The lowest BCUT2D eigenvalue weighted by Gasteiger charge is -2.39. The normalized spacial score (nSPS) is 18.9. The highest BCUT2D eigenvalue weighted by atomic mass is 35.5. The number of hydrogen-bond donors (Lipinski definition) is 0. The predicted octanol–water partition coefficient (Wildman–Crippen LogP) is 6.92. The summed E-state index contributed by atoms with van der Waals surface area (Å²) in [6.45, 7) is 4.62. The van der Waals surface area contributed by atoms with Gasteiger partial charge in [-0.1, -0.05) is 29.4 Å². The molecule has 178 valence electrons. The Balaban J connectivity index is 1.27. The fourth-order valence-electron chi connectivity index (χ4n) is 4.57. The minimum absolute atomic E-state index is 0.0584. The van der Waals surface area contributed by atoms with Crippen LogP contribution >= 0.6 is 35.1 Å². The second-order valence-corrected chi connectivity index (χ2v) is 11.2. The zero-order valence-electron chi connectivity index (χ0n) is 18.4. The van der Waals surface area contributed by atoms with Gasteiger partial charge in [-0.05, 0) is 66.1 Å². The van der Waals surface area contributed by atoms with Crippen LogP contribution in [0.3, 0.4) is 0 Å². The van der Waals surface area contributed by atoms with Gasteiger partial charge in [-0.3, -0.25) is 9.80 Å². The molecule has 0 aromatic heterocycles. The van der Waals surface area contributed by atoms with Crippen molar-refractivity contribution in [1.29, 1.82) is 0 Å². The van der Waals surface area contributed by atoms with E-state index in [0.29, 0.717) is 0 Å². The van der Waals surface area contributed by atoms with Crippen molar-refractivity contribution in [3.05, 3.63) is 88.2 Å². The highest BCUT2D eigenvalue weighted by molar-refractivity contribution is 7.99. The number of fused-ring (bicyclic) bond motifs is 2. The minimum atomic E-state index is -0.449. The molecule has 1 atom stereocenters. The zero-order valence-corrected chi connectivity index (χ0v) is 20.8. The van der Waals surface area contributed by atoms with E-state index in [1.54, 1.807) is 17.8 Å². The molecule has 2 nitrogen and oxygen atoms in total. The quantitative estimate of drug-likeness (QED) is 0.337. The molecular weight excluding hydrogens is 497 g/mol. The number of thioether (sulfide) groups is 1. The lowest BCUT2D eigenvalue weighted by molar-refractivity contribution is 0.0983. The molecule has 5 rings (SSSR count). The van der Waals surface area contributed by atoms with E-state index in [2.05, 4.69) is 9.80 Å². The third kappa shape index (κ3) is 5.44. The first kappa shape index (κ1) is 24.1. The summed E-state index contributed by atoms with van der Waals surface area (Å²) >= 11 is 9.34. The molecule has 0 radical (unpaired) electrons. The summed E-state index contributed by atoms with van der Waals surface area (Å²) in [5.41, 5.74) is 2.08. The summed E-state index contributed by atoms with van der Waals surface area (Å²) < 4.78 is 41.3. The van der Waals surface area contributed by atoms with Crippen LogP contribution in [0, 0.1) is 17.5 Å². The van der Waals surface area contributed by atoms with Gasteiger partial charge in [-0.25, -0.2) is 13.2 Å². The van der Waals surface area contributed by atoms with E-state index in [0.717, 1.165) is 70.7 Å². The average molecular weight is 521 g/mol. The number of piperazine rings is 1. The zero-order chi connectivity index (χ0) is 23.7. The SMILES string of the molecule is Fc1ccc(SCCN2CCN(C3Cc4ccc(F)cc4Sc4cc(F)c(Cl)cc43)CC2)cc1. The summed E-state index contributed by atoms with van der Waals surface area (Å²) in [4.78, 5) is 7.60. The molecule has 0 spiro atoms. The third-order valence-electron chi connectivity index (χ3n) is 6.41. The standard InChI is InChI=1S/C26H24ClF3N2S2/c27-22-15-21-24(13-17-1-2-19(29)14-25(17)34-26(21)16-23(22)30)32-9-7-31(8-10-32)11-12-33-20-5-3-18(28)4-6-20/h1-6,14-16,24H,7-13H2. The first-order valence-corrected chi connectivity index (χ1v) is 13.4. The van der Waals surface area contributed by atoms with Crippen molar-refractivity contribution < 1.29 is 13.2 Å². The van der Waals surface area contributed by atoms with Crippen molar-refractivity contribution in [1.82, 2.24) is 9.80 Å². The van der Waals surface area contributed by atoms with Gasteiger partial charge in [-0.2, -0.15) is 0 Å². The summed E-state index contributed by atoms with van der Waals surface area (Å²) in [7, 11) is 0. The van der Waals surface area contributed by atoms with E-state index < -0.39 is 5.82 Å². The monoisotopic (exact) mass is 520 g/mol. The Bertz CT molecular complexity index is 1170. The van der Waals surface area contributed by atoms with Crippen LogP contribution in [0.25, 0.3) is 0 Å². The number of benzene rings is 3. The molecule has 3 aromatic rings. The Morgan fingerprint density at radius 3 is 2.38 bits per heavy atom. The molecule has 2 aliphatic heterocycles. The fraction of sp³-hybridized carbons (Fsp3) is 0.308. The molecule has 2 heterocycles. The van der Waals surface area contributed by atoms with Crippen LogP contribution in [0.4, 0.5) is 13.2 Å². The lowest BCUT2D eigenvalue weighted by atomic mass is 9.96. The van der Waals surface area contributed by atoms with Crippen molar-refractivity contribution in [3.8, 4) is 0 Å². The molecule has 2 aliphatic rings. The molecule has 0 N–H and O–H groups in total. The number of hydrogen-bond acceptors (Lipinski definition) is 4. The van der Waals surface area contributed by atoms with Gasteiger partial charge in [0.1, 0.15) is 17.5 Å². The van der Waals surface area contributed by atoms with Crippen LogP contribution in [0.5, 0.6) is 0 Å². The minimum Gasteiger partial charge on any atom is -0.300 e. The van der Waals surface area contributed by atoms with Gasteiger partial charge in [0.25, 0.3) is 0 Å². The van der Waals surface area contributed by atoms with Crippen molar-refractivity contribution in [2.24, 2.45) is 0 Å². The van der Waals surface area contributed by atoms with Gasteiger partial charge in [-0.15, -0.1) is 11.8 Å². The van der Waals surface area contributed by atoms with E-state index in [1.807, 2.05) is 18.2 Å². The van der Waals surface area contributed by atoms with Gasteiger partial charge < -0.3 is 0 Å². The molecule has 0 bridgehead atoms. The van der Waals surface area contributed by atoms with E-state index in [1.165, 1.54) is 42.1 Å². The molecule has 1 saturated heterocycles. The molecule has 1 fully saturated rings. The molecule has 0 aliphatic carbocycles. The second kappa shape index (κ2) is 10.5. The summed E-state index contributed by atoms with van der Waals surface area (Å²) in [6.07, 6.45) is 0.734. The Hall–Kier alpha value is -1.64. The van der Waals surface area contributed by atoms with Crippen LogP contribution in [0.2, 0.25) is 5.02 Å². The maximum Gasteiger partial charge on any atom is 0.142 e. The Morgan fingerprint density at radius 2 is 1.62 bits per heavy atom. The largest absolute Gasteiger partial charge is 0.300 e. The second-order valence-electron chi connectivity index (χ2n) is 8.56. The average Bonchev–Trinajstić information content (AvgIpc) is 2.97. The number of nitrogens with zero attached hydrogens (tertiary/aromatic N) is 2. The third-order valence-corrected chi connectivity index (χ3v) is 8.87. The van der Waals surface area contributed by atoms with E-state index in [4.69, 9.17) is 11.6 Å². The first-order valence-electron chi connectivity index (χ1n) is 11.3. The van der Waals surface area contributed by atoms with Gasteiger partial charge in [0.05, 0.1) is 5.02 Å². The highest BCUT2D eigenvalue weighted by Crippen LogP contribution is 2.44. The van der Waals surface area contributed by atoms with Crippen molar-refractivity contribution in [2.45, 2.75) is 27.1 Å². The predicted molar refractivity (Wildman–Crippen MR) is 134 cm³/mol. The Kier molecular flexibility index (Phi) is 7.46. The van der Waals surface area contributed by atoms with E-state index >= 15 is 0 Å². The molecule has 0 amide bonds.